The van der Waals surface area contributed by atoms with Crippen molar-refractivity contribution in [3.05, 3.63) is 42.0 Å². The highest BCUT2D eigenvalue weighted by molar-refractivity contribution is 7.80. The van der Waals surface area contributed by atoms with Crippen LogP contribution >= 0.6 is 12.6 Å². The zero-order valence-corrected chi connectivity index (χ0v) is 11.6. The Morgan fingerprint density at radius 3 is 2.00 bits per heavy atom. The monoisotopic (exact) mass is 240 g/mol. The van der Waals surface area contributed by atoms with E-state index in [9.17, 15) is 0 Å². The zero-order valence-electron chi connectivity index (χ0n) is 10.7. The first-order valence-electron chi connectivity index (χ1n) is 5.20. The lowest BCUT2D eigenvalue weighted by Gasteiger charge is -1.98. The molecule has 0 atom stereocenters. The molecular weight excluding hydrogens is 216 g/mol. The summed E-state index contributed by atoms with van der Waals surface area (Å²) in [4.78, 5) is 0. The van der Waals surface area contributed by atoms with Crippen LogP contribution in [0, 0.1) is 6.92 Å². The van der Waals surface area contributed by atoms with Crippen LogP contribution in [0.2, 0.25) is 0 Å². The Hall–Kier alpha value is -0.930. The molecule has 0 saturated heterocycles. The first-order chi connectivity index (χ1) is 7.43. The lowest BCUT2D eigenvalue weighted by molar-refractivity contribution is 1.13. The standard InChI is InChI=1S/C9H11N.C3H8S.CH5N/c1-7-4-3-5-9(6-7)8(2)10;1-3(2)4;1-2/h3-6H,2,10H2,1H3;3-4H,1-2H3;2H2,1H3. The normalized spacial score (nSPS) is 8.44. The summed E-state index contributed by atoms with van der Waals surface area (Å²) in [6.45, 7) is 9.74. The third-order valence-electron chi connectivity index (χ3n) is 1.39. The highest BCUT2D eigenvalue weighted by Crippen LogP contribution is 2.08. The van der Waals surface area contributed by atoms with Gasteiger partial charge in [-0.3, -0.25) is 0 Å². The van der Waals surface area contributed by atoms with Gasteiger partial charge in [0.2, 0.25) is 0 Å². The Morgan fingerprint density at radius 2 is 1.75 bits per heavy atom. The minimum absolute atomic E-state index is 0.528. The summed E-state index contributed by atoms with van der Waals surface area (Å²) < 4.78 is 0. The molecule has 3 heteroatoms. The maximum atomic E-state index is 5.49. The van der Waals surface area contributed by atoms with Crippen molar-refractivity contribution < 1.29 is 0 Å². The molecule has 0 saturated carbocycles. The lowest BCUT2D eigenvalue weighted by atomic mass is 10.1. The Morgan fingerprint density at radius 1 is 1.31 bits per heavy atom. The van der Waals surface area contributed by atoms with Crippen molar-refractivity contribution in [3.8, 4) is 0 Å². The molecule has 2 nitrogen and oxygen atoms in total. The van der Waals surface area contributed by atoms with E-state index in [1.54, 1.807) is 0 Å². The first kappa shape index (κ1) is 17.5. The average Bonchev–Trinajstić information content (AvgIpc) is 2.20. The largest absolute Gasteiger partial charge is 0.399 e. The van der Waals surface area contributed by atoms with Crippen LogP contribution in [0.4, 0.5) is 0 Å². The molecule has 16 heavy (non-hydrogen) atoms. The van der Waals surface area contributed by atoms with Crippen LogP contribution in [0.25, 0.3) is 5.70 Å². The average molecular weight is 240 g/mol. The number of benzene rings is 1. The van der Waals surface area contributed by atoms with E-state index in [4.69, 9.17) is 5.73 Å². The molecule has 0 heterocycles. The van der Waals surface area contributed by atoms with Gasteiger partial charge in [-0.05, 0) is 30.9 Å². The molecule has 0 aliphatic heterocycles. The van der Waals surface area contributed by atoms with Gasteiger partial charge in [-0.25, -0.2) is 0 Å². The van der Waals surface area contributed by atoms with Crippen molar-refractivity contribution in [3.63, 3.8) is 0 Å². The van der Waals surface area contributed by atoms with E-state index in [1.165, 1.54) is 12.6 Å². The molecule has 1 aromatic carbocycles. The highest BCUT2D eigenvalue weighted by atomic mass is 32.1. The molecule has 0 unspecified atom stereocenters. The molecule has 1 aromatic rings. The molecule has 0 amide bonds. The van der Waals surface area contributed by atoms with Crippen LogP contribution in [0.5, 0.6) is 0 Å². The van der Waals surface area contributed by atoms with Gasteiger partial charge in [-0.1, -0.05) is 44.2 Å². The highest BCUT2D eigenvalue weighted by Gasteiger charge is 1.91. The first-order valence-corrected chi connectivity index (χ1v) is 5.72. The van der Waals surface area contributed by atoms with Crippen molar-refractivity contribution in [2.75, 3.05) is 7.05 Å². The molecule has 0 radical (unpaired) electrons. The quantitative estimate of drug-likeness (QED) is 0.661. The third-order valence-corrected chi connectivity index (χ3v) is 1.39. The Balaban J connectivity index is 0. The van der Waals surface area contributed by atoms with Crippen molar-refractivity contribution >= 4 is 18.3 Å². The van der Waals surface area contributed by atoms with E-state index in [0.29, 0.717) is 10.9 Å². The van der Waals surface area contributed by atoms with Gasteiger partial charge >= 0.3 is 0 Å². The number of thiol groups is 1. The number of aryl methyl sites for hydroxylation is 1. The Kier molecular flexibility index (Phi) is 11.6. The number of hydrogen-bond acceptors (Lipinski definition) is 3. The minimum atomic E-state index is 0.528. The van der Waals surface area contributed by atoms with Crippen LogP contribution in [-0.2, 0) is 0 Å². The van der Waals surface area contributed by atoms with Crippen molar-refractivity contribution in [2.45, 2.75) is 26.0 Å². The van der Waals surface area contributed by atoms with Crippen LogP contribution in [0.15, 0.2) is 30.8 Å². The lowest BCUT2D eigenvalue weighted by Crippen LogP contribution is -1.93. The summed E-state index contributed by atoms with van der Waals surface area (Å²) in [6, 6.07) is 7.98. The summed E-state index contributed by atoms with van der Waals surface area (Å²) in [5.74, 6) is 0. The van der Waals surface area contributed by atoms with Crippen LogP contribution in [0.3, 0.4) is 0 Å². The molecular formula is C13H24N2S. The number of nitrogens with two attached hydrogens (primary N) is 2. The molecule has 0 aliphatic rings. The van der Waals surface area contributed by atoms with E-state index in [-0.39, 0.29) is 0 Å². The van der Waals surface area contributed by atoms with Gasteiger partial charge in [0.25, 0.3) is 0 Å². The predicted molar refractivity (Wildman–Crippen MR) is 78.6 cm³/mol. The third kappa shape index (κ3) is 11.1. The number of hydrogen-bond donors (Lipinski definition) is 3. The second kappa shape index (κ2) is 10.6. The van der Waals surface area contributed by atoms with Crippen molar-refractivity contribution in [1.82, 2.24) is 0 Å². The fourth-order valence-corrected chi connectivity index (χ4v) is 0.845. The molecule has 0 spiro atoms. The topological polar surface area (TPSA) is 52.0 Å². The maximum Gasteiger partial charge on any atom is 0.0314 e. The van der Waals surface area contributed by atoms with Gasteiger partial charge in [-0.2, -0.15) is 12.6 Å². The van der Waals surface area contributed by atoms with Crippen LogP contribution in [-0.4, -0.2) is 12.3 Å². The van der Waals surface area contributed by atoms with Gasteiger partial charge in [0.1, 0.15) is 0 Å². The summed E-state index contributed by atoms with van der Waals surface area (Å²) in [5.41, 5.74) is 12.8. The van der Waals surface area contributed by atoms with Gasteiger partial charge in [0.05, 0.1) is 0 Å². The second-order valence-electron chi connectivity index (χ2n) is 3.49. The van der Waals surface area contributed by atoms with E-state index < -0.39 is 0 Å². The minimum Gasteiger partial charge on any atom is -0.399 e. The number of rotatable bonds is 1. The Bertz CT molecular complexity index is 293. The summed E-state index contributed by atoms with van der Waals surface area (Å²) in [5, 5.41) is 0.528. The summed E-state index contributed by atoms with van der Waals surface area (Å²) in [7, 11) is 1.50. The van der Waals surface area contributed by atoms with E-state index in [1.807, 2.05) is 45.0 Å². The van der Waals surface area contributed by atoms with Crippen molar-refractivity contribution in [1.29, 1.82) is 0 Å². The molecule has 4 N–H and O–H groups in total. The molecule has 92 valence electrons. The fourth-order valence-electron chi connectivity index (χ4n) is 0.845. The molecule has 0 fully saturated rings. The second-order valence-corrected chi connectivity index (χ2v) is 4.52. The van der Waals surface area contributed by atoms with E-state index in [0.717, 1.165) is 5.56 Å². The fraction of sp³-hybridized carbons (Fsp3) is 0.385. The maximum absolute atomic E-state index is 5.49. The smallest absolute Gasteiger partial charge is 0.0314 e. The summed E-state index contributed by atoms with van der Waals surface area (Å²) in [6.07, 6.45) is 0. The van der Waals surface area contributed by atoms with Gasteiger partial charge < -0.3 is 11.5 Å². The zero-order chi connectivity index (χ0) is 13.1. The van der Waals surface area contributed by atoms with Gasteiger partial charge in [0.15, 0.2) is 0 Å². The molecule has 0 aromatic heterocycles. The SMILES string of the molecule is C=C(N)c1cccc(C)c1.CC(C)S.CN. The van der Waals surface area contributed by atoms with E-state index >= 15 is 0 Å². The van der Waals surface area contributed by atoms with Gasteiger partial charge in [-0.15, -0.1) is 0 Å². The molecule has 0 bridgehead atoms. The predicted octanol–water partition coefficient (Wildman–Crippen LogP) is 2.82. The molecule has 0 aliphatic carbocycles. The Labute approximate surface area is 105 Å². The summed E-state index contributed by atoms with van der Waals surface area (Å²) >= 11 is 3.97. The van der Waals surface area contributed by atoms with Crippen LogP contribution in [0.1, 0.15) is 25.0 Å². The van der Waals surface area contributed by atoms with E-state index in [2.05, 4.69) is 24.9 Å². The molecule has 1 rings (SSSR count). The van der Waals surface area contributed by atoms with Gasteiger partial charge in [0, 0.05) is 5.70 Å². The van der Waals surface area contributed by atoms with Crippen molar-refractivity contribution in [2.24, 2.45) is 11.5 Å². The van der Waals surface area contributed by atoms with Crippen LogP contribution < -0.4 is 11.5 Å².